The van der Waals surface area contributed by atoms with E-state index in [1.54, 1.807) is 37.3 Å². The van der Waals surface area contributed by atoms with Gasteiger partial charge in [-0.2, -0.15) is 13.2 Å². The molecule has 4 nitrogen and oxygen atoms in total. The van der Waals surface area contributed by atoms with Crippen molar-refractivity contribution in [3.05, 3.63) is 94.3 Å². The van der Waals surface area contributed by atoms with Crippen LogP contribution in [0, 0.1) is 25.6 Å². The zero-order chi connectivity index (χ0) is 24.6. The van der Waals surface area contributed by atoms with E-state index in [4.69, 9.17) is 0 Å². The second-order valence-electron chi connectivity index (χ2n) is 8.39. The Morgan fingerprint density at radius 3 is 2.41 bits per heavy atom. The molecule has 8 heteroatoms. The summed E-state index contributed by atoms with van der Waals surface area (Å²) in [6, 6.07) is 15.0. The van der Waals surface area contributed by atoms with Gasteiger partial charge in [-0.3, -0.25) is 9.59 Å². The van der Waals surface area contributed by atoms with Gasteiger partial charge >= 0.3 is 6.18 Å². The molecule has 1 heterocycles. The zero-order valence-corrected chi connectivity index (χ0v) is 18.5. The van der Waals surface area contributed by atoms with Crippen molar-refractivity contribution in [1.82, 2.24) is 0 Å². The van der Waals surface area contributed by atoms with Crippen molar-refractivity contribution in [2.45, 2.75) is 26.4 Å². The van der Waals surface area contributed by atoms with Crippen LogP contribution >= 0.6 is 0 Å². The molecule has 0 unspecified atom stereocenters. The number of benzene rings is 3. The van der Waals surface area contributed by atoms with Crippen LogP contribution in [0.2, 0.25) is 0 Å². The summed E-state index contributed by atoms with van der Waals surface area (Å²) in [6.07, 6.45) is -4.25. The predicted octanol–water partition coefficient (Wildman–Crippen LogP) is 5.92. The molecule has 1 aliphatic heterocycles. The lowest BCUT2D eigenvalue weighted by Gasteiger charge is -2.34. The molecule has 0 bridgehead atoms. The van der Waals surface area contributed by atoms with Crippen molar-refractivity contribution in [3.8, 4) is 0 Å². The third kappa shape index (κ3) is 4.53. The Morgan fingerprint density at radius 1 is 0.971 bits per heavy atom. The first-order valence-corrected chi connectivity index (χ1v) is 10.7. The molecule has 0 saturated heterocycles. The highest BCUT2D eigenvalue weighted by atomic mass is 19.4. The van der Waals surface area contributed by atoms with Crippen LogP contribution in [0.1, 0.15) is 32.6 Å². The van der Waals surface area contributed by atoms with E-state index in [1.165, 1.54) is 36.1 Å². The maximum absolute atomic E-state index is 14.5. The number of aryl methyl sites for hydroxylation is 2. The summed E-state index contributed by atoms with van der Waals surface area (Å²) in [7, 11) is 0. The fraction of sp³-hybridized carbons (Fsp3) is 0.231. The van der Waals surface area contributed by atoms with E-state index in [0.717, 1.165) is 11.6 Å². The van der Waals surface area contributed by atoms with Gasteiger partial charge in [0.15, 0.2) is 0 Å². The predicted molar refractivity (Wildman–Crippen MR) is 121 cm³/mol. The summed E-state index contributed by atoms with van der Waals surface area (Å²) < 4.78 is 54.3. The third-order valence-corrected chi connectivity index (χ3v) is 6.01. The van der Waals surface area contributed by atoms with Crippen molar-refractivity contribution in [2.24, 2.45) is 5.92 Å². The van der Waals surface area contributed by atoms with Crippen LogP contribution in [0.5, 0.6) is 0 Å². The Bertz CT molecular complexity index is 1250. The van der Waals surface area contributed by atoms with Gasteiger partial charge in [0.2, 0.25) is 5.91 Å². The highest BCUT2D eigenvalue weighted by Crippen LogP contribution is 2.35. The fourth-order valence-corrected chi connectivity index (χ4v) is 4.25. The fourth-order valence-electron chi connectivity index (χ4n) is 4.25. The summed E-state index contributed by atoms with van der Waals surface area (Å²) in [4.78, 5) is 27.8. The second-order valence-corrected chi connectivity index (χ2v) is 8.39. The molecule has 3 aromatic rings. The molecule has 0 aromatic heterocycles. The van der Waals surface area contributed by atoms with E-state index < -0.39 is 35.3 Å². The molecular formula is C26H22F4N2O2. The topological polar surface area (TPSA) is 49.4 Å². The van der Waals surface area contributed by atoms with E-state index in [-0.39, 0.29) is 23.4 Å². The van der Waals surface area contributed by atoms with E-state index in [9.17, 15) is 27.2 Å². The van der Waals surface area contributed by atoms with E-state index >= 15 is 0 Å². The molecule has 0 aliphatic carbocycles. The molecule has 0 saturated carbocycles. The number of hydrogen-bond acceptors (Lipinski definition) is 2. The molecular weight excluding hydrogens is 448 g/mol. The monoisotopic (exact) mass is 470 g/mol. The summed E-state index contributed by atoms with van der Waals surface area (Å²) in [5.74, 6) is -2.49. The molecule has 4 rings (SSSR count). The number of rotatable bonds is 3. The van der Waals surface area contributed by atoms with Gasteiger partial charge in [0, 0.05) is 17.9 Å². The normalized spacial score (nSPS) is 15.6. The lowest BCUT2D eigenvalue weighted by atomic mass is 9.90. The average Bonchev–Trinajstić information content (AvgIpc) is 2.78. The Balaban J connectivity index is 1.64. The maximum Gasteiger partial charge on any atom is 0.416 e. The summed E-state index contributed by atoms with van der Waals surface area (Å²) in [5, 5.41) is 2.55. The Morgan fingerprint density at radius 2 is 1.71 bits per heavy atom. The average molecular weight is 470 g/mol. The number of anilines is 2. The van der Waals surface area contributed by atoms with Gasteiger partial charge in [0.05, 0.1) is 17.0 Å². The summed E-state index contributed by atoms with van der Waals surface area (Å²) in [5.41, 5.74) is 0.926. The summed E-state index contributed by atoms with van der Waals surface area (Å²) in [6.45, 7) is 2.94. The molecule has 176 valence electrons. The minimum atomic E-state index is -4.55. The molecule has 1 atom stereocenters. The van der Waals surface area contributed by atoms with Crippen molar-refractivity contribution in [2.75, 3.05) is 16.8 Å². The van der Waals surface area contributed by atoms with Gasteiger partial charge in [0.1, 0.15) is 5.82 Å². The largest absolute Gasteiger partial charge is 0.416 e. The van der Waals surface area contributed by atoms with E-state index in [1.807, 2.05) is 0 Å². The van der Waals surface area contributed by atoms with Gasteiger partial charge in [-0.1, -0.05) is 36.4 Å². The number of alkyl halides is 3. The Labute approximate surface area is 194 Å². The Hall–Kier alpha value is -3.68. The number of carbonyl (C=O) groups is 2. The van der Waals surface area contributed by atoms with Gasteiger partial charge in [-0.25, -0.2) is 4.39 Å². The van der Waals surface area contributed by atoms with Gasteiger partial charge in [-0.15, -0.1) is 0 Å². The first-order chi connectivity index (χ1) is 16.1. The number of amides is 2. The number of nitrogens with one attached hydrogen (secondary N) is 1. The number of hydrogen-bond donors (Lipinski definition) is 1. The first kappa shape index (κ1) is 23.5. The molecule has 0 spiro atoms. The molecule has 0 radical (unpaired) electrons. The minimum Gasteiger partial charge on any atom is -0.326 e. The molecule has 2 amide bonds. The van der Waals surface area contributed by atoms with Crippen molar-refractivity contribution in [3.63, 3.8) is 0 Å². The lowest BCUT2D eigenvalue weighted by molar-refractivity contribution is -0.138. The SMILES string of the molecule is Cc1ccc(NC(=O)[C@H]2Cc3ccccc3N(C(=O)c3c(C)cccc3F)C2)cc1C(F)(F)F. The minimum absolute atomic E-state index is 0.0182. The van der Waals surface area contributed by atoms with E-state index in [0.29, 0.717) is 17.7 Å². The van der Waals surface area contributed by atoms with Crippen molar-refractivity contribution < 1.29 is 27.2 Å². The van der Waals surface area contributed by atoms with Crippen molar-refractivity contribution in [1.29, 1.82) is 0 Å². The van der Waals surface area contributed by atoms with Crippen LogP contribution in [0.25, 0.3) is 0 Å². The highest BCUT2D eigenvalue weighted by Gasteiger charge is 2.35. The van der Waals surface area contributed by atoms with E-state index in [2.05, 4.69) is 5.32 Å². The van der Waals surface area contributed by atoms with Gasteiger partial charge < -0.3 is 10.2 Å². The van der Waals surface area contributed by atoms with Crippen LogP contribution in [0.3, 0.4) is 0 Å². The van der Waals surface area contributed by atoms with Crippen LogP contribution in [0.4, 0.5) is 28.9 Å². The zero-order valence-electron chi connectivity index (χ0n) is 18.5. The van der Waals surface area contributed by atoms with Crippen LogP contribution in [-0.4, -0.2) is 18.4 Å². The Kier molecular flexibility index (Phi) is 6.17. The maximum atomic E-state index is 14.5. The van der Waals surface area contributed by atoms with Crippen LogP contribution < -0.4 is 10.2 Å². The number of halogens is 4. The number of nitrogens with zero attached hydrogens (tertiary/aromatic N) is 1. The number of para-hydroxylation sites is 1. The highest BCUT2D eigenvalue weighted by molar-refractivity contribution is 6.08. The molecule has 1 N–H and O–H groups in total. The number of carbonyl (C=O) groups excluding carboxylic acids is 2. The molecule has 3 aromatic carbocycles. The van der Waals surface area contributed by atoms with Crippen LogP contribution in [0.15, 0.2) is 60.7 Å². The quantitative estimate of drug-likeness (QED) is 0.483. The molecule has 1 aliphatic rings. The van der Waals surface area contributed by atoms with Gasteiger partial charge in [-0.05, 0) is 61.2 Å². The first-order valence-electron chi connectivity index (χ1n) is 10.7. The second kappa shape index (κ2) is 8.93. The van der Waals surface area contributed by atoms with Gasteiger partial charge in [0.25, 0.3) is 5.91 Å². The third-order valence-electron chi connectivity index (χ3n) is 6.01. The standard InChI is InChI=1S/C26H22F4N2O2/c1-15-10-11-19(13-20(15)26(28,29)30)31-24(33)18-12-17-7-3-4-9-22(17)32(14-18)25(34)23-16(2)6-5-8-21(23)27/h3-11,13,18H,12,14H2,1-2H3,(H,31,33)/t18-/m0/s1. The number of fused-ring (bicyclic) bond motifs is 1. The van der Waals surface area contributed by atoms with Crippen LogP contribution in [-0.2, 0) is 17.4 Å². The van der Waals surface area contributed by atoms with Crippen molar-refractivity contribution >= 4 is 23.2 Å². The smallest absolute Gasteiger partial charge is 0.326 e. The molecule has 34 heavy (non-hydrogen) atoms. The molecule has 0 fully saturated rings. The summed E-state index contributed by atoms with van der Waals surface area (Å²) >= 11 is 0. The lowest BCUT2D eigenvalue weighted by Crippen LogP contribution is -2.44.